The summed E-state index contributed by atoms with van der Waals surface area (Å²) in [6.07, 6.45) is 6.22. The van der Waals surface area contributed by atoms with Crippen LogP contribution in [0.1, 0.15) is 70.4 Å². The first-order chi connectivity index (χ1) is 17.0. The maximum Gasteiger partial charge on any atom is 0.273 e. The molecule has 1 aromatic heterocycles. The fraction of sp³-hybridized carbons (Fsp3) is 0.393. The van der Waals surface area contributed by atoms with Gasteiger partial charge < -0.3 is 19.4 Å². The second-order valence-electron chi connectivity index (χ2n) is 9.89. The third kappa shape index (κ3) is 4.67. The van der Waals surface area contributed by atoms with Crippen molar-refractivity contribution < 1.29 is 18.7 Å². The van der Waals surface area contributed by atoms with Gasteiger partial charge in [-0.1, -0.05) is 35.9 Å². The van der Waals surface area contributed by atoms with Crippen LogP contribution in [0.15, 0.2) is 53.1 Å². The minimum absolute atomic E-state index is 0.120. The predicted octanol–water partition coefficient (Wildman–Crippen LogP) is 4.34. The van der Waals surface area contributed by atoms with Gasteiger partial charge in [-0.2, -0.15) is 0 Å². The molecule has 35 heavy (non-hydrogen) atoms. The Morgan fingerprint density at radius 1 is 1.11 bits per heavy atom. The van der Waals surface area contributed by atoms with E-state index in [0.717, 1.165) is 49.8 Å². The Morgan fingerprint density at radius 2 is 1.91 bits per heavy atom. The summed E-state index contributed by atoms with van der Waals surface area (Å²) in [5.41, 5.74) is 4.91. The summed E-state index contributed by atoms with van der Waals surface area (Å²) in [7, 11) is 0. The van der Waals surface area contributed by atoms with Crippen molar-refractivity contribution in [3.05, 3.63) is 82.6 Å². The van der Waals surface area contributed by atoms with Crippen LogP contribution in [0.3, 0.4) is 0 Å². The van der Waals surface area contributed by atoms with E-state index in [2.05, 4.69) is 47.6 Å². The summed E-state index contributed by atoms with van der Waals surface area (Å²) >= 11 is 0. The van der Waals surface area contributed by atoms with Crippen LogP contribution in [0.2, 0.25) is 0 Å². The highest BCUT2D eigenvalue weighted by Crippen LogP contribution is 2.41. The standard InChI is InChI=1S/C28H29N3O4/c1-17-2-4-19(5-3-17)26-23-14-22(11-8-18(23)12-13-31(26)28(33)20-6-7-20)34-16-25-30-24(15-35-25)27(32)29-21-9-10-21/h2-5,8,11,14-15,20-21,26H,6-7,9-10,12-13,16H2,1H3,(H,29,32). The van der Waals surface area contributed by atoms with Crippen LogP contribution in [0.5, 0.6) is 5.75 Å². The summed E-state index contributed by atoms with van der Waals surface area (Å²) in [6, 6.07) is 14.7. The quantitative estimate of drug-likeness (QED) is 0.554. The molecule has 7 nitrogen and oxygen atoms in total. The molecule has 2 fully saturated rings. The van der Waals surface area contributed by atoms with Crippen molar-refractivity contribution in [2.24, 2.45) is 5.92 Å². The first-order valence-corrected chi connectivity index (χ1v) is 12.4. The molecule has 1 unspecified atom stereocenters. The Morgan fingerprint density at radius 3 is 2.66 bits per heavy atom. The van der Waals surface area contributed by atoms with Crippen LogP contribution in [0.25, 0.3) is 0 Å². The van der Waals surface area contributed by atoms with Crippen LogP contribution in [-0.4, -0.2) is 34.3 Å². The lowest BCUT2D eigenvalue weighted by Gasteiger charge is -2.38. The second-order valence-corrected chi connectivity index (χ2v) is 9.89. The van der Waals surface area contributed by atoms with Gasteiger partial charge in [0.2, 0.25) is 11.8 Å². The van der Waals surface area contributed by atoms with Crippen molar-refractivity contribution in [2.75, 3.05) is 6.54 Å². The van der Waals surface area contributed by atoms with E-state index in [1.165, 1.54) is 17.4 Å². The molecule has 2 saturated carbocycles. The van der Waals surface area contributed by atoms with E-state index in [4.69, 9.17) is 9.15 Å². The molecule has 1 aliphatic heterocycles. The van der Waals surface area contributed by atoms with Crippen LogP contribution in [0.4, 0.5) is 0 Å². The van der Waals surface area contributed by atoms with Gasteiger partial charge in [0.1, 0.15) is 12.0 Å². The van der Waals surface area contributed by atoms with Crippen molar-refractivity contribution >= 4 is 11.8 Å². The lowest BCUT2D eigenvalue weighted by molar-refractivity contribution is -0.134. The van der Waals surface area contributed by atoms with Crippen LogP contribution in [-0.2, 0) is 17.8 Å². The zero-order valence-corrected chi connectivity index (χ0v) is 19.8. The summed E-state index contributed by atoms with van der Waals surface area (Å²) in [4.78, 5) is 31.7. The average Bonchev–Trinajstić information content (AvgIpc) is 3.81. The molecule has 2 aliphatic carbocycles. The van der Waals surface area contributed by atoms with Gasteiger partial charge in [-0.05, 0) is 67.9 Å². The molecule has 2 heterocycles. The fourth-order valence-corrected chi connectivity index (χ4v) is 4.71. The normalized spacial score (nSPS) is 19.2. The molecule has 7 heteroatoms. The van der Waals surface area contributed by atoms with Gasteiger partial charge in [0.25, 0.3) is 5.91 Å². The van der Waals surface area contributed by atoms with Crippen LogP contribution < -0.4 is 10.1 Å². The number of oxazole rings is 1. The molecule has 0 spiro atoms. The average molecular weight is 472 g/mol. The summed E-state index contributed by atoms with van der Waals surface area (Å²) in [6.45, 7) is 2.92. The Labute approximate surface area is 204 Å². The van der Waals surface area contributed by atoms with Crippen molar-refractivity contribution in [3.63, 3.8) is 0 Å². The molecule has 180 valence electrons. The fourth-order valence-electron chi connectivity index (χ4n) is 4.71. The Bertz CT molecular complexity index is 1260. The number of hydrogen-bond donors (Lipinski definition) is 1. The predicted molar refractivity (Wildman–Crippen MR) is 129 cm³/mol. The molecule has 2 amide bonds. The molecule has 0 bridgehead atoms. The SMILES string of the molecule is Cc1ccc(C2c3cc(OCc4nc(C(=O)NC5CC5)co4)ccc3CCN2C(=O)C2CC2)cc1. The number of ether oxygens (including phenoxy) is 1. The Kier molecular flexibility index (Phi) is 5.55. The van der Waals surface area contributed by atoms with Gasteiger partial charge >= 0.3 is 0 Å². The van der Waals surface area contributed by atoms with Gasteiger partial charge in [0.15, 0.2) is 12.3 Å². The van der Waals surface area contributed by atoms with Gasteiger partial charge in [0, 0.05) is 18.5 Å². The highest BCUT2D eigenvalue weighted by Gasteiger charge is 2.39. The smallest absolute Gasteiger partial charge is 0.273 e. The van der Waals surface area contributed by atoms with E-state index in [1.54, 1.807) is 0 Å². The molecule has 2 aromatic carbocycles. The lowest BCUT2D eigenvalue weighted by Crippen LogP contribution is -2.41. The van der Waals surface area contributed by atoms with E-state index in [-0.39, 0.29) is 42.1 Å². The minimum atomic E-state index is -0.211. The molecule has 1 N–H and O–H groups in total. The number of aryl methyl sites for hydroxylation is 1. The monoisotopic (exact) mass is 471 g/mol. The van der Waals surface area contributed by atoms with E-state index >= 15 is 0 Å². The molecular formula is C28H29N3O4. The van der Waals surface area contributed by atoms with Crippen LogP contribution >= 0.6 is 0 Å². The summed E-state index contributed by atoms with van der Waals surface area (Å²) in [5, 5.41) is 2.91. The largest absolute Gasteiger partial charge is 0.484 e. The van der Waals surface area contributed by atoms with E-state index in [1.807, 2.05) is 17.0 Å². The molecule has 0 radical (unpaired) electrons. The number of hydrogen-bond acceptors (Lipinski definition) is 5. The van der Waals surface area contributed by atoms with Crippen molar-refractivity contribution in [2.45, 2.75) is 57.7 Å². The van der Waals surface area contributed by atoms with Crippen LogP contribution in [0, 0.1) is 12.8 Å². The zero-order valence-electron chi connectivity index (χ0n) is 19.8. The van der Waals surface area contributed by atoms with E-state index in [0.29, 0.717) is 11.6 Å². The number of aromatic nitrogens is 1. The number of nitrogens with zero attached hydrogens (tertiary/aromatic N) is 2. The first kappa shape index (κ1) is 21.9. The van der Waals surface area contributed by atoms with Crippen molar-refractivity contribution in [1.29, 1.82) is 0 Å². The second kappa shape index (κ2) is 8.87. The van der Waals surface area contributed by atoms with Gasteiger partial charge in [-0.3, -0.25) is 9.59 Å². The summed E-state index contributed by atoms with van der Waals surface area (Å²) in [5.74, 6) is 1.25. The number of benzene rings is 2. The Hall–Kier alpha value is -3.61. The number of rotatable bonds is 7. The third-order valence-electron chi connectivity index (χ3n) is 7.01. The van der Waals surface area contributed by atoms with Gasteiger partial charge in [-0.25, -0.2) is 4.98 Å². The number of nitrogens with one attached hydrogen (secondary N) is 1. The van der Waals surface area contributed by atoms with E-state index < -0.39 is 0 Å². The molecular weight excluding hydrogens is 442 g/mol. The maximum atomic E-state index is 13.2. The lowest BCUT2D eigenvalue weighted by atomic mass is 9.87. The first-order valence-electron chi connectivity index (χ1n) is 12.4. The number of amides is 2. The highest BCUT2D eigenvalue weighted by atomic mass is 16.5. The molecule has 3 aromatic rings. The number of carbonyl (C=O) groups is 2. The topological polar surface area (TPSA) is 84.7 Å². The summed E-state index contributed by atoms with van der Waals surface area (Å²) < 4.78 is 11.5. The molecule has 1 atom stereocenters. The molecule has 3 aliphatic rings. The Balaban J connectivity index is 1.23. The van der Waals surface area contributed by atoms with Gasteiger partial charge in [0.05, 0.1) is 6.04 Å². The van der Waals surface area contributed by atoms with Crippen molar-refractivity contribution in [1.82, 2.24) is 15.2 Å². The maximum absolute atomic E-state index is 13.2. The minimum Gasteiger partial charge on any atom is -0.484 e. The number of carbonyl (C=O) groups excluding carboxylic acids is 2. The van der Waals surface area contributed by atoms with Crippen molar-refractivity contribution in [3.8, 4) is 5.75 Å². The molecule has 0 saturated heterocycles. The highest BCUT2D eigenvalue weighted by molar-refractivity contribution is 5.92. The number of fused-ring (bicyclic) bond motifs is 1. The molecule has 6 rings (SSSR count). The van der Waals surface area contributed by atoms with Gasteiger partial charge in [-0.15, -0.1) is 0 Å². The zero-order chi connectivity index (χ0) is 23.9. The van der Waals surface area contributed by atoms with E-state index in [9.17, 15) is 9.59 Å². The third-order valence-corrected chi connectivity index (χ3v) is 7.01.